The van der Waals surface area contributed by atoms with Gasteiger partial charge in [-0.2, -0.15) is 0 Å². The van der Waals surface area contributed by atoms with Crippen LogP contribution < -0.4 is 11.1 Å². The molecule has 4 heteroatoms. The van der Waals surface area contributed by atoms with Crippen molar-refractivity contribution >= 4 is 5.91 Å². The summed E-state index contributed by atoms with van der Waals surface area (Å²) in [6.45, 7) is 5.90. The zero-order valence-electron chi connectivity index (χ0n) is 11.9. The Morgan fingerprint density at radius 3 is 2.47 bits per heavy atom. The second-order valence-electron chi connectivity index (χ2n) is 5.01. The van der Waals surface area contributed by atoms with Gasteiger partial charge in [0.15, 0.2) is 0 Å². The van der Waals surface area contributed by atoms with Crippen molar-refractivity contribution in [3.8, 4) is 0 Å². The largest absolute Gasteiger partial charge is 0.351 e. The van der Waals surface area contributed by atoms with E-state index in [0.29, 0.717) is 24.1 Å². The topological polar surface area (TPSA) is 55.1 Å². The van der Waals surface area contributed by atoms with Gasteiger partial charge >= 0.3 is 0 Å². The Balaban J connectivity index is 2.55. The number of carbonyl (C=O) groups is 1. The minimum absolute atomic E-state index is 0.145. The number of carbonyl (C=O) groups excluding carboxylic acids is 1. The van der Waals surface area contributed by atoms with E-state index in [-0.39, 0.29) is 11.7 Å². The van der Waals surface area contributed by atoms with Crippen molar-refractivity contribution in [2.24, 2.45) is 5.73 Å². The zero-order valence-corrected chi connectivity index (χ0v) is 11.9. The average molecular weight is 266 g/mol. The maximum absolute atomic E-state index is 13.5. The van der Waals surface area contributed by atoms with Crippen LogP contribution in [0.15, 0.2) is 12.1 Å². The molecule has 0 aliphatic carbocycles. The van der Waals surface area contributed by atoms with Crippen LogP contribution >= 0.6 is 0 Å². The second kappa shape index (κ2) is 7.24. The van der Waals surface area contributed by atoms with Crippen LogP contribution in [0, 0.1) is 19.7 Å². The Labute approximate surface area is 114 Å². The molecule has 3 nitrogen and oxygen atoms in total. The summed E-state index contributed by atoms with van der Waals surface area (Å²) in [4.78, 5) is 11.7. The fourth-order valence-electron chi connectivity index (χ4n) is 2.01. The van der Waals surface area contributed by atoms with E-state index in [1.54, 1.807) is 26.0 Å². The van der Waals surface area contributed by atoms with Crippen molar-refractivity contribution < 1.29 is 9.18 Å². The molecule has 3 N–H and O–H groups in total. The standard InChI is InChI=1S/C15H23FN2O/c1-4-5-6-13(17)15(19)18-9-12-7-10(2)14(16)11(3)8-12/h7-8,13H,4-6,9,17H2,1-3H3,(H,18,19)/t13-/m0/s1. The number of hydrogen-bond donors (Lipinski definition) is 2. The van der Waals surface area contributed by atoms with Gasteiger partial charge in [0.25, 0.3) is 0 Å². The molecular weight excluding hydrogens is 243 g/mol. The van der Waals surface area contributed by atoms with Gasteiger partial charge in [-0.25, -0.2) is 4.39 Å². The molecule has 1 rings (SSSR count). The van der Waals surface area contributed by atoms with Crippen molar-refractivity contribution in [2.75, 3.05) is 0 Å². The van der Waals surface area contributed by atoms with Gasteiger partial charge in [-0.1, -0.05) is 31.9 Å². The van der Waals surface area contributed by atoms with Crippen molar-refractivity contribution in [1.29, 1.82) is 0 Å². The minimum Gasteiger partial charge on any atom is -0.351 e. The quantitative estimate of drug-likeness (QED) is 0.831. The summed E-state index contributed by atoms with van der Waals surface area (Å²) in [6.07, 6.45) is 2.67. The summed E-state index contributed by atoms with van der Waals surface area (Å²) in [5.41, 5.74) is 7.87. The molecule has 0 heterocycles. The molecule has 19 heavy (non-hydrogen) atoms. The third-order valence-electron chi connectivity index (χ3n) is 3.17. The lowest BCUT2D eigenvalue weighted by Crippen LogP contribution is -2.40. The van der Waals surface area contributed by atoms with E-state index in [1.165, 1.54) is 0 Å². The van der Waals surface area contributed by atoms with Crippen molar-refractivity contribution in [3.63, 3.8) is 0 Å². The van der Waals surface area contributed by atoms with Crippen LogP contribution in [0.5, 0.6) is 0 Å². The van der Waals surface area contributed by atoms with E-state index < -0.39 is 6.04 Å². The summed E-state index contributed by atoms with van der Waals surface area (Å²) in [7, 11) is 0. The molecule has 0 fully saturated rings. The van der Waals surface area contributed by atoms with Gasteiger partial charge in [0.2, 0.25) is 5.91 Å². The number of nitrogens with one attached hydrogen (secondary N) is 1. The molecule has 0 radical (unpaired) electrons. The number of halogens is 1. The van der Waals surface area contributed by atoms with Crippen LogP contribution in [0.1, 0.15) is 42.9 Å². The first-order valence-corrected chi connectivity index (χ1v) is 6.74. The molecule has 1 aromatic carbocycles. The first-order chi connectivity index (χ1) is 8.95. The molecule has 0 saturated heterocycles. The van der Waals surface area contributed by atoms with Crippen molar-refractivity contribution in [1.82, 2.24) is 5.32 Å². The fraction of sp³-hybridized carbons (Fsp3) is 0.533. The highest BCUT2D eigenvalue weighted by Gasteiger charge is 2.12. The maximum atomic E-state index is 13.5. The van der Waals surface area contributed by atoms with E-state index in [4.69, 9.17) is 5.73 Å². The van der Waals surface area contributed by atoms with Gasteiger partial charge < -0.3 is 11.1 Å². The van der Waals surface area contributed by atoms with Gasteiger partial charge in [-0.3, -0.25) is 4.79 Å². The average Bonchev–Trinajstić information content (AvgIpc) is 2.39. The van der Waals surface area contributed by atoms with Gasteiger partial charge in [0.05, 0.1) is 6.04 Å². The van der Waals surface area contributed by atoms with Crippen LogP contribution in [0.25, 0.3) is 0 Å². The van der Waals surface area contributed by atoms with Gasteiger partial charge in [-0.15, -0.1) is 0 Å². The molecule has 0 aromatic heterocycles. The molecule has 1 aromatic rings. The Morgan fingerprint density at radius 1 is 1.37 bits per heavy atom. The van der Waals surface area contributed by atoms with E-state index >= 15 is 0 Å². The van der Waals surface area contributed by atoms with E-state index in [2.05, 4.69) is 12.2 Å². The molecular formula is C15H23FN2O. The number of aryl methyl sites for hydroxylation is 2. The van der Waals surface area contributed by atoms with E-state index in [1.807, 2.05) is 0 Å². The number of nitrogens with two attached hydrogens (primary N) is 1. The zero-order chi connectivity index (χ0) is 14.4. The van der Waals surface area contributed by atoms with Crippen molar-refractivity contribution in [3.05, 3.63) is 34.6 Å². The first-order valence-electron chi connectivity index (χ1n) is 6.74. The van der Waals surface area contributed by atoms with Gasteiger partial charge in [0.1, 0.15) is 5.82 Å². The summed E-state index contributed by atoms with van der Waals surface area (Å²) in [5, 5.41) is 2.80. The molecule has 0 saturated carbocycles. The van der Waals surface area contributed by atoms with Crippen molar-refractivity contribution in [2.45, 2.75) is 52.6 Å². The van der Waals surface area contributed by atoms with Crippen LogP contribution in [-0.2, 0) is 11.3 Å². The third kappa shape index (κ3) is 4.63. The highest BCUT2D eigenvalue weighted by atomic mass is 19.1. The van der Waals surface area contributed by atoms with E-state index in [0.717, 1.165) is 18.4 Å². The Bertz CT molecular complexity index is 423. The lowest BCUT2D eigenvalue weighted by Gasteiger charge is -2.12. The fourth-order valence-corrected chi connectivity index (χ4v) is 2.01. The monoisotopic (exact) mass is 266 g/mol. The van der Waals surface area contributed by atoms with Crippen LogP contribution in [0.3, 0.4) is 0 Å². The number of unbranched alkanes of at least 4 members (excludes halogenated alkanes) is 1. The summed E-state index contributed by atoms with van der Waals surface area (Å²) < 4.78 is 13.5. The predicted octanol–water partition coefficient (Wildman–Crippen LogP) is 2.58. The van der Waals surface area contributed by atoms with Crippen LogP contribution in [-0.4, -0.2) is 11.9 Å². The van der Waals surface area contributed by atoms with Gasteiger partial charge in [-0.05, 0) is 37.0 Å². The molecule has 0 aliphatic heterocycles. The van der Waals surface area contributed by atoms with E-state index in [9.17, 15) is 9.18 Å². The summed E-state index contributed by atoms with van der Waals surface area (Å²) >= 11 is 0. The number of rotatable bonds is 6. The highest BCUT2D eigenvalue weighted by Crippen LogP contribution is 2.14. The molecule has 106 valence electrons. The second-order valence-corrected chi connectivity index (χ2v) is 5.01. The van der Waals surface area contributed by atoms with Crippen LogP contribution in [0.4, 0.5) is 4.39 Å². The molecule has 0 aliphatic rings. The predicted molar refractivity (Wildman–Crippen MR) is 75.2 cm³/mol. The first kappa shape index (κ1) is 15.6. The molecule has 1 amide bonds. The number of hydrogen-bond acceptors (Lipinski definition) is 2. The van der Waals surface area contributed by atoms with Gasteiger partial charge in [0, 0.05) is 6.54 Å². The Hall–Kier alpha value is -1.42. The molecule has 1 atom stereocenters. The summed E-state index contributed by atoms with van der Waals surface area (Å²) in [6, 6.07) is 3.04. The lowest BCUT2D eigenvalue weighted by molar-refractivity contribution is -0.122. The normalized spacial score (nSPS) is 12.3. The smallest absolute Gasteiger partial charge is 0.237 e. The SMILES string of the molecule is CCCC[C@H](N)C(=O)NCc1cc(C)c(F)c(C)c1. The van der Waals surface area contributed by atoms with Crippen LogP contribution in [0.2, 0.25) is 0 Å². The Morgan fingerprint density at radius 2 is 1.95 bits per heavy atom. The Kier molecular flexibility index (Phi) is 5.96. The maximum Gasteiger partial charge on any atom is 0.237 e. The molecule has 0 bridgehead atoms. The lowest BCUT2D eigenvalue weighted by atomic mass is 10.1. The number of benzene rings is 1. The minimum atomic E-state index is -0.456. The third-order valence-corrected chi connectivity index (χ3v) is 3.17. The summed E-state index contributed by atoms with van der Waals surface area (Å²) in [5.74, 6) is -0.331. The number of amides is 1. The highest BCUT2D eigenvalue weighted by molar-refractivity contribution is 5.81. The molecule has 0 spiro atoms. The molecule has 0 unspecified atom stereocenters.